The van der Waals surface area contributed by atoms with Crippen molar-refractivity contribution in [1.82, 2.24) is 10.6 Å². The van der Waals surface area contributed by atoms with E-state index in [1.807, 2.05) is 11.8 Å². The van der Waals surface area contributed by atoms with Crippen molar-refractivity contribution in [1.29, 1.82) is 0 Å². The molecule has 0 spiro atoms. The molecular formula is C16H33N3O2S2. The maximum absolute atomic E-state index is 11.3. The minimum atomic E-state index is -2.91. The zero-order chi connectivity index (χ0) is 17.5. The number of aliphatic imine (C=N–C) groups is 1. The number of guanidine groups is 1. The largest absolute Gasteiger partial charge is 0.356 e. The van der Waals surface area contributed by atoms with Gasteiger partial charge in [-0.05, 0) is 36.9 Å². The molecule has 0 aromatic rings. The molecule has 5 nitrogen and oxygen atoms in total. The summed E-state index contributed by atoms with van der Waals surface area (Å²) in [5.41, 5.74) is -0.0863. The molecule has 0 radical (unpaired) electrons. The molecule has 2 N–H and O–H groups in total. The van der Waals surface area contributed by atoms with Crippen LogP contribution in [0.3, 0.4) is 0 Å². The van der Waals surface area contributed by atoms with Gasteiger partial charge < -0.3 is 10.6 Å². The van der Waals surface area contributed by atoms with Crippen LogP contribution in [0, 0.1) is 5.41 Å². The van der Waals surface area contributed by atoms with Crippen LogP contribution >= 0.6 is 11.8 Å². The lowest BCUT2D eigenvalue weighted by Gasteiger charge is -2.26. The zero-order valence-electron chi connectivity index (χ0n) is 15.2. The first-order chi connectivity index (χ1) is 10.6. The molecule has 136 valence electrons. The molecule has 1 rings (SSSR count). The van der Waals surface area contributed by atoms with Gasteiger partial charge in [0.1, 0.15) is 9.84 Å². The summed E-state index contributed by atoms with van der Waals surface area (Å²) >= 11 is 2.05. The summed E-state index contributed by atoms with van der Waals surface area (Å²) in [6.45, 7) is 7.09. The molecule has 1 fully saturated rings. The van der Waals surface area contributed by atoms with Gasteiger partial charge in [0.15, 0.2) is 5.96 Å². The molecule has 0 amide bonds. The Kier molecular flexibility index (Phi) is 8.21. The second kappa shape index (κ2) is 9.16. The molecular weight excluding hydrogens is 330 g/mol. The van der Waals surface area contributed by atoms with E-state index in [4.69, 9.17) is 0 Å². The molecule has 0 saturated heterocycles. The van der Waals surface area contributed by atoms with Crippen LogP contribution in [-0.2, 0) is 9.84 Å². The summed E-state index contributed by atoms with van der Waals surface area (Å²) in [6, 6.07) is 0.490. The monoisotopic (exact) mass is 363 g/mol. The highest BCUT2D eigenvalue weighted by Crippen LogP contribution is 2.29. The second-order valence-electron chi connectivity index (χ2n) is 7.20. The predicted octanol–water partition coefficient (Wildman–Crippen LogP) is 2.29. The van der Waals surface area contributed by atoms with E-state index < -0.39 is 9.84 Å². The Bertz CT molecular complexity index is 490. The van der Waals surface area contributed by atoms with Gasteiger partial charge in [-0.2, -0.15) is 11.8 Å². The van der Waals surface area contributed by atoms with E-state index in [0.717, 1.165) is 11.2 Å². The van der Waals surface area contributed by atoms with Crippen LogP contribution in [0.5, 0.6) is 0 Å². The van der Waals surface area contributed by atoms with Crippen molar-refractivity contribution < 1.29 is 8.42 Å². The Morgan fingerprint density at radius 1 is 1.35 bits per heavy atom. The predicted molar refractivity (Wildman–Crippen MR) is 102 cm³/mol. The van der Waals surface area contributed by atoms with Gasteiger partial charge >= 0.3 is 0 Å². The van der Waals surface area contributed by atoms with Gasteiger partial charge in [0.2, 0.25) is 0 Å². The Morgan fingerprint density at radius 3 is 2.61 bits per heavy atom. The minimum absolute atomic E-state index is 0.0863. The Balaban J connectivity index is 2.39. The van der Waals surface area contributed by atoms with E-state index in [2.05, 4.69) is 36.4 Å². The maximum atomic E-state index is 11.3. The molecule has 0 aromatic heterocycles. The number of rotatable bonds is 8. The molecule has 1 aliphatic carbocycles. The number of nitrogens with one attached hydrogen (secondary N) is 2. The van der Waals surface area contributed by atoms with Crippen LogP contribution in [0.2, 0.25) is 0 Å². The van der Waals surface area contributed by atoms with E-state index in [0.29, 0.717) is 19.0 Å². The van der Waals surface area contributed by atoms with Crippen LogP contribution in [0.4, 0.5) is 0 Å². The van der Waals surface area contributed by atoms with E-state index >= 15 is 0 Å². The highest BCUT2D eigenvalue weighted by Gasteiger charge is 2.26. The van der Waals surface area contributed by atoms with Crippen molar-refractivity contribution in [3.05, 3.63) is 0 Å². The van der Waals surface area contributed by atoms with E-state index in [1.54, 1.807) is 7.05 Å². The van der Waals surface area contributed by atoms with Crippen molar-refractivity contribution in [3.63, 3.8) is 0 Å². The highest BCUT2D eigenvalue weighted by molar-refractivity contribution is 7.99. The third kappa shape index (κ3) is 8.84. The van der Waals surface area contributed by atoms with Crippen LogP contribution in [0.15, 0.2) is 4.99 Å². The molecule has 23 heavy (non-hydrogen) atoms. The van der Waals surface area contributed by atoms with E-state index in [-0.39, 0.29) is 11.2 Å². The maximum Gasteiger partial charge on any atom is 0.191 e. The van der Waals surface area contributed by atoms with Gasteiger partial charge in [0, 0.05) is 31.1 Å². The normalized spacial score (nSPS) is 23.1. The van der Waals surface area contributed by atoms with Crippen molar-refractivity contribution in [2.24, 2.45) is 10.4 Å². The fourth-order valence-electron chi connectivity index (χ4n) is 2.72. The molecule has 0 bridgehead atoms. The molecule has 2 atom stereocenters. The molecule has 0 heterocycles. The van der Waals surface area contributed by atoms with Crippen molar-refractivity contribution in [2.45, 2.75) is 57.7 Å². The molecule has 1 saturated carbocycles. The van der Waals surface area contributed by atoms with Crippen molar-refractivity contribution in [3.8, 4) is 0 Å². The lowest BCUT2D eigenvalue weighted by molar-refractivity contribution is 0.348. The summed E-state index contributed by atoms with van der Waals surface area (Å²) in [5, 5.41) is 7.63. The Hall–Kier alpha value is -0.430. The number of thioether (sulfide) groups is 1. The molecule has 7 heteroatoms. The summed E-state index contributed by atoms with van der Waals surface area (Å²) in [7, 11) is -1.12. The molecule has 0 aromatic carbocycles. The summed E-state index contributed by atoms with van der Waals surface area (Å²) < 4.78 is 22.7. The first kappa shape index (κ1) is 20.6. The SMILES string of the molecule is CCSC1CCC(NC(=NC)NCC(C)(C)CCS(C)(=O)=O)C1. The highest BCUT2D eigenvalue weighted by atomic mass is 32.2. The van der Waals surface area contributed by atoms with Crippen LogP contribution in [0.25, 0.3) is 0 Å². The zero-order valence-corrected chi connectivity index (χ0v) is 16.8. The number of hydrogen-bond acceptors (Lipinski definition) is 4. The average molecular weight is 364 g/mol. The van der Waals surface area contributed by atoms with Gasteiger partial charge in [-0.25, -0.2) is 8.42 Å². The topological polar surface area (TPSA) is 70.6 Å². The Morgan fingerprint density at radius 2 is 2.04 bits per heavy atom. The van der Waals surface area contributed by atoms with Crippen LogP contribution < -0.4 is 10.6 Å². The van der Waals surface area contributed by atoms with Gasteiger partial charge in [0.05, 0.1) is 5.75 Å². The number of hydrogen-bond donors (Lipinski definition) is 2. The smallest absolute Gasteiger partial charge is 0.191 e. The molecule has 1 aliphatic rings. The lowest BCUT2D eigenvalue weighted by Crippen LogP contribution is -2.45. The first-order valence-electron chi connectivity index (χ1n) is 8.41. The minimum Gasteiger partial charge on any atom is -0.356 e. The number of nitrogens with zero attached hydrogens (tertiary/aromatic N) is 1. The van der Waals surface area contributed by atoms with Crippen molar-refractivity contribution >= 4 is 27.6 Å². The summed E-state index contributed by atoms with van der Waals surface area (Å²) in [4.78, 5) is 4.30. The number of sulfone groups is 1. The van der Waals surface area contributed by atoms with Gasteiger partial charge in [-0.3, -0.25) is 4.99 Å². The standard InChI is InChI=1S/C16H33N3O2S2/c1-6-22-14-8-7-13(11-14)19-15(17-4)18-12-16(2,3)9-10-23(5,20)21/h13-14H,6-12H2,1-5H3,(H2,17,18,19). The summed E-state index contributed by atoms with van der Waals surface area (Å²) in [6.07, 6.45) is 5.59. The van der Waals surface area contributed by atoms with Crippen LogP contribution in [-0.4, -0.2) is 57.0 Å². The third-order valence-electron chi connectivity index (χ3n) is 4.24. The summed E-state index contributed by atoms with van der Waals surface area (Å²) in [5.74, 6) is 2.23. The fourth-order valence-corrected chi connectivity index (χ4v) is 4.79. The van der Waals surface area contributed by atoms with E-state index in [1.165, 1.54) is 31.3 Å². The van der Waals surface area contributed by atoms with Gasteiger partial charge in [0.25, 0.3) is 0 Å². The quantitative estimate of drug-likeness (QED) is 0.511. The molecule has 0 aliphatic heterocycles. The third-order valence-corrected chi connectivity index (χ3v) is 6.41. The molecule has 2 unspecified atom stereocenters. The second-order valence-corrected chi connectivity index (χ2v) is 11.0. The lowest BCUT2D eigenvalue weighted by atomic mass is 9.90. The van der Waals surface area contributed by atoms with Crippen LogP contribution in [0.1, 0.15) is 46.5 Å². The fraction of sp³-hybridized carbons (Fsp3) is 0.938. The average Bonchev–Trinajstić information content (AvgIpc) is 2.88. The Labute approximate surface area is 146 Å². The van der Waals surface area contributed by atoms with Gasteiger partial charge in [-0.15, -0.1) is 0 Å². The van der Waals surface area contributed by atoms with E-state index in [9.17, 15) is 8.42 Å². The van der Waals surface area contributed by atoms with Gasteiger partial charge in [-0.1, -0.05) is 20.8 Å². The van der Waals surface area contributed by atoms with Crippen molar-refractivity contribution in [2.75, 3.05) is 31.4 Å². The first-order valence-corrected chi connectivity index (χ1v) is 11.5.